The zero-order valence-electron chi connectivity index (χ0n) is 18.7. The van der Waals surface area contributed by atoms with E-state index in [2.05, 4.69) is 14.8 Å². The van der Waals surface area contributed by atoms with Crippen molar-refractivity contribution in [2.45, 2.75) is 64.0 Å². The normalized spacial score (nSPS) is 26.2. The maximum Gasteiger partial charge on any atom is 0.410 e. The number of amides is 3. The van der Waals surface area contributed by atoms with Crippen LogP contribution in [0.4, 0.5) is 9.59 Å². The second kappa shape index (κ2) is 6.13. The molecule has 0 N–H and O–H groups in total. The molecule has 0 unspecified atom stereocenters. The molecule has 0 aromatic carbocycles. The van der Waals surface area contributed by atoms with Crippen molar-refractivity contribution in [1.82, 2.24) is 29.5 Å². The molecule has 2 aliphatic carbocycles. The van der Waals surface area contributed by atoms with E-state index in [9.17, 15) is 9.59 Å². The quantitative estimate of drug-likeness (QED) is 0.723. The van der Waals surface area contributed by atoms with Gasteiger partial charge >= 0.3 is 12.1 Å². The number of carbonyl (C=O) groups excluding carboxylic acids is 2. The summed E-state index contributed by atoms with van der Waals surface area (Å²) in [6.07, 6.45) is 6.30. The zero-order valence-corrected chi connectivity index (χ0v) is 18.7. The first-order valence-electron chi connectivity index (χ1n) is 11.6. The van der Waals surface area contributed by atoms with Crippen LogP contribution in [-0.4, -0.2) is 86.5 Å². The lowest BCUT2D eigenvalue weighted by atomic mass is 9.60. The molecular weight excluding hydrogens is 396 g/mol. The molecule has 9 heteroatoms. The van der Waals surface area contributed by atoms with Gasteiger partial charge in [0, 0.05) is 56.0 Å². The summed E-state index contributed by atoms with van der Waals surface area (Å²) in [5.41, 5.74) is -0.0928. The molecule has 0 radical (unpaired) electrons. The van der Waals surface area contributed by atoms with Gasteiger partial charge in [-0.05, 0) is 46.5 Å². The summed E-state index contributed by atoms with van der Waals surface area (Å²) >= 11 is 0. The second-order valence-corrected chi connectivity index (χ2v) is 11.8. The van der Waals surface area contributed by atoms with Crippen LogP contribution in [0.5, 0.6) is 0 Å². The number of carbonyl (C=O) groups is 2. The fourth-order valence-corrected chi connectivity index (χ4v) is 5.79. The van der Waals surface area contributed by atoms with Gasteiger partial charge in [0.1, 0.15) is 11.9 Å². The maximum atomic E-state index is 12.8. The highest BCUT2D eigenvalue weighted by molar-refractivity contribution is 5.77. The van der Waals surface area contributed by atoms with Crippen LogP contribution in [-0.2, 0) is 4.74 Å². The highest BCUT2D eigenvalue weighted by Gasteiger charge is 2.59. The molecular formula is C22H32N6O3. The predicted octanol–water partition coefficient (Wildman–Crippen LogP) is 2.47. The van der Waals surface area contributed by atoms with Crippen molar-refractivity contribution < 1.29 is 14.3 Å². The van der Waals surface area contributed by atoms with Crippen molar-refractivity contribution in [3.8, 4) is 0 Å². The molecule has 5 aliphatic rings. The molecule has 2 spiro atoms. The van der Waals surface area contributed by atoms with E-state index < -0.39 is 5.60 Å². The van der Waals surface area contributed by atoms with Gasteiger partial charge in [0.2, 0.25) is 0 Å². The Morgan fingerprint density at radius 3 is 2.13 bits per heavy atom. The third-order valence-electron chi connectivity index (χ3n) is 7.53. The minimum Gasteiger partial charge on any atom is -0.444 e. The summed E-state index contributed by atoms with van der Waals surface area (Å²) in [5, 5.41) is 4.67. The van der Waals surface area contributed by atoms with E-state index in [0.717, 1.165) is 44.8 Å². The third-order valence-corrected chi connectivity index (χ3v) is 7.53. The predicted molar refractivity (Wildman–Crippen MR) is 111 cm³/mol. The molecule has 3 amide bonds. The zero-order chi connectivity index (χ0) is 21.6. The number of urea groups is 1. The van der Waals surface area contributed by atoms with Crippen LogP contribution in [0.2, 0.25) is 0 Å². The molecule has 31 heavy (non-hydrogen) atoms. The number of rotatable bonds is 2. The van der Waals surface area contributed by atoms with Crippen LogP contribution in [0.25, 0.3) is 0 Å². The van der Waals surface area contributed by atoms with E-state index in [1.165, 1.54) is 12.8 Å². The Bertz CT molecular complexity index is 904. The summed E-state index contributed by atoms with van der Waals surface area (Å²) in [6.45, 7) is 10.2. The van der Waals surface area contributed by atoms with Gasteiger partial charge in [0.05, 0.1) is 6.04 Å². The molecule has 2 saturated carbocycles. The first kappa shape index (κ1) is 19.4. The van der Waals surface area contributed by atoms with Gasteiger partial charge < -0.3 is 19.4 Å². The van der Waals surface area contributed by atoms with E-state index >= 15 is 0 Å². The molecule has 6 rings (SSSR count). The minimum absolute atomic E-state index is 0.0863. The van der Waals surface area contributed by atoms with Crippen LogP contribution in [0.3, 0.4) is 0 Å². The highest BCUT2D eigenvalue weighted by Crippen LogP contribution is 2.54. The van der Waals surface area contributed by atoms with Crippen LogP contribution in [0.1, 0.15) is 64.2 Å². The van der Waals surface area contributed by atoms with Gasteiger partial charge in [-0.25, -0.2) is 19.3 Å². The Hall–Kier alpha value is -2.32. The average Bonchev–Trinajstić information content (AvgIpc) is 3.26. The molecule has 3 aliphatic heterocycles. The van der Waals surface area contributed by atoms with E-state index in [4.69, 9.17) is 4.74 Å². The number of aromatic nitrogens is 3. The molecule has 0 atom stereocenters. The molecule has 1 aromatic rings. The van der Waals surface area contributed by atoms with Crippen molar-refractivity contribution in [1.29, 1.82) is 0 Å². The van der Waals surface area contributed by atoms with Gasteiger partial charge in [-0.2, -0.15) is 5.10 Å². The van der Waals surface area contributed by atoms with Crippen molar-refractivity contribution in [3.05, 3.63) is 12.2 Å². The first-order chi connectivity index (χ1) is 14.6. The molecule has 0 bridgehead atoms. The Kier molecular flexibility index (Phi) is 3.83. The molecule has 4 heterocycles. The van der Waals surface area contributed by atoms with E-state index in [0.29, 0.717) is 30.5 Å². The Morgan fingerprint density at radius 1 is 0.968 bits per heavy atom. The number of nitrogens with zero attached hydrogens (tertiary/aromatic N) is 6. The summed E-state index contributed by atoms with van der Waals surface area (Å²) in [7, 11) is 0. The molecule has 9 nitrogen and oxygen atoms in total. The largest absolute Gasteiger partial charge is 0.444 e. The fraction of sp³-hybridized carbons (Fsp3) is 0.818. The second-order valence-electron chi connectivity index (χ2n) is 11.8. The first-order valence-corrected chi connectivity index (χ1v) is 11.6. The Morgan fingerprint density at radius 2 is 1.55 bits per heavy atom. The van der Waals surface area contributed by atoms with Crippen LogP contribution < -0.4 is 0 Å². The van der Waals surface area contributed by atoms with Crippen molar-refractivity contribution >= 4 is 12.1 Å². The molecule has 5 fully saturated rings. The van der Waals surface area contributed by atoms with E-state index in [1.54, 1.807) is 4.90 Å². The van der Waals surface area contributed by atoms with Gasteiger partial charge in [-0.3, -0.25) is 0 Å². The standard InChI is InChI=1S/C22H32N6O3/c1-20(2,3)31-19(30)27-12-22(13-27)10-26(11-22)18(29)25-8-21(9-25)6-16(7-21)28-14-23-17(24-28)15-4-5-15/h14-16H,4-13H2,1-3H3. The minimum atomic E-state index is -0.469. The summed E-state index contributed by atoms with van der Waals surface area (Å²) in [4.78, 5) is 35.1. The lowest BCUT2D eigenvalue weighted by molar-refractivity contribution is -0.116. The summed E-state index contributed by atoms with van der Waals surface area (Å²) in [5.74, 6) is 1.61. The van der Waals surface area contributed by atoms with E-state index in [-0.39, 0.29) is 17.5 Å². The van der Waals surface area contributed by atoms with Gasteiger partial charge in [0.15, 0.2) is 5.82 Å². The van der Waals surface area contributed by atoms with Crippen molar-refractivity contribution in [2.24, 2.45) is 10.8 Å². The van der Waals surface area contributed by atoms with Crippen LogP contribution >= 0.6 is 0 Å². The SMILES string of the molecule is CC(C)(C)OC(=O)N1CC2(C1)CN(C(=O)N1CC3(CC(n4cnc(C5CC5)n4)C3)C1)C2. The molecule has 3 saturated heterocycles. The van der Waals surface area contributed by atoms with E-state index in [1.807, 2.05) is 36.9 Å². The Labute approximate surface area is 182 Å². The van der Waals surface area contributed by atoms with Crippen LogP contribution in [0, 0.1) is 10.8 Å². The number of ether oxygens (including phenoxy) is 1. The summed E-state index contributed by atoms with van der Waals surface area (Å²) < 4.78 is 7.48. The maximum absolute atomic E-state index is 12.8. The number of hydrogen-bond donors (Lipinski definition) is 0. The highest BCUT2D eigenvalue weighted by atomic mass is 16.6. The van der Waals surface area contributed by atoms with Crippen molar-refractivity contribution in [2.75, 3.05) is 39.3 Å². The average molecular weight is 429 g/mol. The van der Waals surface area contributed by atoms with Crippen molar-refractivity contribution in [3.63, 3.8) is 0 Å². The lowest BCUT2D eigenvalue weighted by Gasteiger charge is -2.63. The topological polar surface area (TPSA) is 83.8 Å². The number of hydrogen-bond acceptors (Lipinski definition) is 5. The van der Waals surface area contributed by atoms with Gasteiger partial charge in [-0.1, -0.05) is 0 Å². The third kappa shape index (κ3) is 3.27. The van der Waals surface area contributed by atoms with Crippen LogP contribution in [0.15, 0.2) is 6.33 Å². The fourth-order valence-electron chi connectivity index (χ4n) is 5.79. The number of likely N-dealkylation sites (tertiary alicyclic amines) is 3. The monoisotopic (exact) mass is 428 g/mol. The van der Waals surface area contributed by atoms with Gasteiger partial charge in [-0.15, -0.1) is 0 Å². The Balaban J connectivity index is 0.933. The smallest absolute Gasteiger partial charge is 0.410 e. The summed E-state index contributed by atoms with van der Waals surface area (Å²) in [6, 6.07) is 0.602. The molecule has 1 aromatic heterocycles. The lowest BCUT2D eigenvalue weighted by Crippen LogP contribution is -2.76. The molecule has 168 valence electrons. The van der Waals surface area contributed by atoms with Gasteiger partial charge in [0.25, 0.3) is 0 Å².